The fourth-order valence-corrected chi connectivity index (χ4v) is 5.76. The van der Waals surface area contributed by atoms with E-state index in [0.717, 1.165) is 57.1 Å². The molecule has 0 spiro atoms. The molecule has 4 aliphatic rings. The molecule has 7 nitrogen and oxygen atoms in total. The molecular formula is C26H35Cl2N3O4. The van der Waals surface area contributed by atoms with Gasteiger partial charge in [0.15, 0.2) is 11.5 Å². The maximum Gasteiger partial charge on any atom is 0.236 e. The van der Waals surface area contributed by atoms with Crippen molar-refractivity contribution in [1.82, 2.24) is 14.7 Å². The number of carbonyl (C=O) groups is 2. The Labute approximate surface area is 220 Å². The van der Waals surface area contributed by atoms with Crippen molar-refractivity contribution in [3.05, 3.63) is 23.8 Å². The van der Waals surface area contributed by atoms with E-state index in [2.05, 4.69) is 47.6 Å². The summed E-state index contributed by atoms with van der Waals surface area (Å²) in [6.45, 7) is 12.1. The second-order valence-electron chi connectivity index (χ2n) is 10.5. The lowest BCUT2D eigenvalue weighted by atomic mass is 9.62. The Morgan fingerprint density at radius 2 is 1.60 bits per heavy atom. The van der Waals surface area contributed by atoms with Crippen LogP contribution in [0.25, 0.3) is 0 Å². The van der Waals surface area contributed by atoms with Crippen molar-refractivity contribution in [2.24, 2.45) is 16.7 Å². The third kappa shape index (κ3) is 4.86. The molecule has 192 valence electrons. The smallest absolute Gasteiger partial charge is 0.236 e. The number of hydrogen-bond donors (Lipinski definition) is 0. The van der Waals surface area contributed by atoms with E-state index in [1.165, 1.54) is 10.5 Å². The third-order valence-corrected chi connectivity index (χ3v) is 8.48. The molecule has 2 unspecified atom stereocenters. The molecule has 3 aliphatic heterocycles. The Morgan fingerprint density at radius 1 is 0.943 bits per heavy atom. The van der Waals surface area contributed by atoms with Gasteiger partial charge < -0.3 is 9.47 Å². The number of amides is 2. The van der Waals surface area contributed by atoms with Crippen LogP contribution in [0.2, 0.25) is 0 Å². The van der Waals surface area contributed by atoms with Crippen molar-refractivity contribution in [2.45, 2.75) is 40.2 Å². The Hall–Kier alpha value is -1.98. The molecule has 0 N–H and O–H groups in total. The first-order valence-electron chi connectivity index (χ1n) is 11.9. The van der Waals surface area contributed by atoms with Crippen LogP contribution in [0.5, 0.6) is 11.5 Å². The highest BCUT2D eigenvalue weighted by Gasteiger charge is 2.64. The van der Waals surface area contributed by atoms with Gasteiger partial charge in [-0.15, -0.1) is 24.8 Å². The number of imide groups is 1. The summed E-state index contributed by atoms with van der Waals surface area (Å²) >= 11 is 0. The number of piperidine rings is 1. The van der Waals surface area contributed by atoms with Crippen LogP contribution in [0, 0.1) is 28.6 Å². The summed E-state index contributed by atoms with van der Waals surface area (Å²) in [5.74, 6) is 7.81. The summed E-state index contributed by atoms with van der Waals surface area (Å²) < 4.78 is 10.9. The number of likely N-dealkylation sites (tertiary alicyclic amines) is 1. The molecule has 0 aromatic heterocycles. The van der Waals surface area contributed by atoms with E-state index in [-0.39, 0.29) is 54.5 Å². The maximum atomic E-state index is 13.1. The molecule has 2 saturated heterocycles. The van der Waals surface area contributed by atoms with Crippen LogP contribution in [0.1, 0.15) is 39.2 Å². The van der Waals surface area contributed by atoms with Crippen molar-refractivity contribution in [3.63, 3.8) is 0 Å². The number of rotatable bonds is 4. The Kier molecular flexibility index (Phi) is 8.33. The Bertz CT molecular complexity index is 1030. The fourth-order valence-electron chi connectivity index (χ4n) is 5.76. The lowest BCUT2D eigenvalue weighted by Gasteiger charge is -2.47. The molecule has 5 rings (SSSR count). The van der Waals surface area contributed by atoms with Gasteiger partial charge in [-0.2, -0.15) is 0 Å². The summed E-state index contributed by atoms with van der Waals surface area (Å²) in [6.07, 6.45) is 1.59. The van der Waals surface area contributed by atoms with E-state index in [9.17, 15) is 9.59 Å². The van der Waals surface area contributed by atoms with Gasteiger partial charge in [0.25, 0.3) is 0 Å². The number of ether oxygens (including phenoxy) is 2. The predicted octanol–water partition coefficient (Wildman–Crippen LogP) is 3.19. The van der Waals surface area contributed by atoms with Crippen molar-refractivity contribution in [1.29, 1.82) is 0 Å². The van der Waals surface area contributed by atoms with E-state index >= 15 is 0 Å². The molecule has 2 bridgehead atoms. The van der Waals surface area contributed by atoms with Gasteiger partial charge >= 0.3 is 0 Å². The Balaban J connectivity index is 0.00000171. The largest absolute Gasteiger partial charge is 0.454 e. The lowest BCUT2D eigenvalue weighted by molar-refractivity contribution is -0.166. The Morgan fingerprint density at radius 3 is 2.34 bits per heavy atom. The minimum absolute atomic E-state index is 0. The number of benzene rings is 1. The molecular weight excluding hydrogens is 489 g/mol. The van der Waals surface area contributed by atoms with Crippen LogP contribution in [0.3, 0.4) is 0 Å². The zero-order valence-electron chi connectivity index (χ0n) is 20.7. The highest BCUT2D eigenvalue weighted by Crippen LogP contribution is 2.59. The number of nitrogens with zero attached hydrogens (tertiary/aromatic N) is 3. The molecule has 0 radical (unpaired) electrons. The highest BCUT2D eigenvalue weighted by molar-refractivity contribution is 6.04. The summed E-state index contributed by atoms with van der Waals surface area (Å²) in [6, 6.07) is 6.15. The molecule has 3 fully saturated rings. The van der Waals surface area contributed by atoms with E-state index in [4.69, 9.17) is 9.47 Å². The quantitative estimate of drug-likeness (QED) is 0.446. The van der Waals surface area contributed by atoms with E-state index < -0.39 is 5.41 Å². The molecule has 2 atom stereocenters. The summed E-state index contributed by atoms with van der Waals surface area (Å²) in [5.41, 5.74) is 0.502. The normalized spacial score (nSPS) is 27.1. The van der Waals surface area contributed by atoms with Crippen LogP contribution < -0.4 is 9.47 Å². The molecule has 2 amide bonds. The first-order chi connectivity index (χ1) is 15.8. The molecule has 1 aromatic rings. The number of carbonyl (C=O) groups excluding carboxylic acids is 2. The van der Waals surface area contributed by atoms with Gasteiger partial charge in [-0.05, 0) is 36.0 Å². The van der Waals surface area contributed by atoms with Crippen LogP contribution in [-0.4, -0.2) is 72.6 Å². The van der Waals surface area contributed by atoms with Crippen LogP contribution >= 0.6 is 24.8 Å². The van der Waals surface area contributed by atoms with Gasteiger partial charge in [0.1, 0.15) is 0 Å². The van der Waals surface area contributed by atoms with Gasteiger partial charge in [0, 0.05) is 38.6 Å². The molecule has 9 heteroatoms. The minimum atomic E-state index is -0.457. The third-order valence-electron chi connectivity index (χ3n) is 8.48. The summed E-state index contributed by atoms with van der Waals surface area (Å²) in [5, 5.41) is 0. The number of piperazine rings is 1. The SMILES string of the molecule is CC12CCC(C(=O)N(CC#CCN3CCN(Cc4ccc5c(c4)OCO5)CC3)C1=O)C2(C)C.Cl.Cl. The van der Waals surface area contributed by atoms with Gasteiger partial charge in [-0.3, -0.25) is 24.3 Å². The average molecular weight is 524 g/mol. The first kappa shape index (κ1) is 27.6. The van der Waals surface area contributed by atoms with E-state index in [1.807, 2.05) is 13.0 Å². The van der Waals surface area contributed by atoms with E-state index in [0.29, 0.717) is 13.3 Å². The summed E-state index contributed by atoms with van der Waals surface area (Å²) in [7, 11) is 0. The predicted molar refractivity (Wildman–Crippen MR) is 138 cm³/mol. The van der Waals surface area contributed by atoms with E-state index in [1.54, 1.807) is 0 Å². The van der Waals surface area contributed by atoms with Crippen molar-refractivity contribution in [3.8, 4) is 23.3 Å². The molecule has 1 aromatic carbocycles. The number of fused-ring (bicyclic) bond motifs is 3. The van der Waals surface area contributed by atoms with Gasteiger partial charge in [-0.25, -0.2) is 0 Å². The van der Waals surface area contributed by atoms with Crippen molar-refractivity contribution < 1.29 is 19.1 Å². The van der Waals surface area contributed by atoms with Crippen molar-refractivity contribution >= 4 is 36.6 Å². The number of halogens is 2. The topological polar surface area (TPSA) is 62.3 Å². The minimum Gasteiger partial charge on any atom is -0.454 e. The monoisotopic (exact) mass is 523 g/mol. The molecule has 1 saturated carbocycles. The lowest BCUT2D eigenvalue weighted by Crippen LogP contribution is -2.59. The standard InChI is InChI=1S/C26H33N3O4.2ClH/c1-25(2)20-8-9-26(25,3)24(31)29(23(20)30)11-5-4-10-27-12-14-28(15-13-27)17-19-6-7-21-22(16-19)33-18-32-21;;/h6-7,16,20H,8-15,17-18H2,1-3H3;2*1H. The summed E-state index contributed by atoms with van der Waals surface area (Å²) in [4.78, 5) is 32.2. The zero-order valence-corrected chi connectivity index (χ0v) is 22.3. The van der Waals surface area contributed by atoms with Crippen molar-refractivity contribution in [2.75, 3.05) is 46.1 Å². The van der Waals surface area contributed by atoms with Crippen LogP contribution in [0.4, 0.5) is 0 Å². The molecule has 35 heavy (non-hydrogen) atoms. The maximum absolute atomic E-state index is 13.1. The second kappa shape index (κ2) is 10.6. The van der Waals surface area contributed by atoms with Crippen LogP contribution in [0.15, 0.2) is 18.2 Å². The van der Waals surface area contributed by atoms with Gasteiger partial charge in [0.05, 0.1) is 18.5 Å². The van der Waals surface area contributed by atoms with Crippen LogP contribution in [-0.2, 0) is 16.1 Å². The van der Waals surface area contributed by atoms with Gasteiger partial charge in [-0.1, -0.05) is 38.7 Å². The van der Waals surface area contributed by atoms with Gasteiger partial charge in [0.2, 0.25) is 18.6 Å². The molecule has 3 heterocycles. The molecule has 1 aliphatic carbocycles. The second-order valence-corrected chi connectivity index (χ2v) is 10.5. The highest BCUT2D eigenvalue weighted by atomic mass is 35.5. The fraction of sp³-hybridized carbons (Fsp3) is 0.615. The zero-order chi connectivity index (χ0) is 23.2. The number of hydrogen-bond acceptors (Lipinski definition) is 6. The average Bonchev–Trinajstić information content (AvgIpc) is 3.33. The first-order valence-corrected chi connectivity index (χ1v) is 11.9.